The molecule has 0 amide bonds. The summed E-state index contributed by atoms with van der Waals surface area (Å²) in [5.74, 6) is -1.48. The molecule has 1 rings (SSSR count). The highest BCUT2D eigenvalue weighted by atomic mass is 32.2. The number of alkyl halides is 3. The maximum Gasteiger partial charge on any atom is 0.417 e. The second kappa shape index (κ2) is 4.27. The van der Waals surface area contributed by atoms with Crippen molar-refractivity contribution >= 4 is 15.8 Å². The lowest BCUT2D eigenvalue weighted by Crippen LogP contribution is -2.15. The predicted octanol–water partition coefficient (Wildman–Crippen LogP) is 2.12. The van der Waals surface area contributed by atoms with Crippen molar-refractivity contribution in [2.45, 2.75) is 18.0 Å². The Balaban J connectivity index is 3.75. The summed E-state index contributed by atoms with van der Waals surface area (Å²) in [6, 6.07) is 1.07. The third-order valence-electron chi connectivity index (χ3n) is 2.26. The fourth-order valence-electron chi connectivity index (χ4n) is 1.45. The summed E-state index contributed by atoms with van der Waals surface area (Å²) in [5.41, 5.74) is -1.97. The van der Waals surface area contributed by atoms with E-state index in [0.29, 0.717) is 18.4 Å². The molecule has 0 aromatic heterocycles. The second-order valence-electron chi connectivity index (χ2n) is 3.74. The van der Waals surface area contributed by atoms with Crippen LogP contribution in [0.4, 0.5) is 13.2 Å². The normalized spacial score (nSPS) is 12.5. The van der Waals surface area contributed by atoms with Crippen molar-refractivity contribution < 1.29 is 31.5 Å². The van der Waals surface area contributed by atoms with Crippen molar-refractivity contribution in [3.05, 3.63) is 28.8 Å². The number of hydrogen-bond acceptors (Lipinski definition) is 3. The van der Waals surface area contributed by atoms with Gasteiger partial charge >= 0.3 is 12.1 Å². The number of aryl methyl sites for hydroxylation is 1. The molecule has 8 heteroatoms. The van der Waals surface area contributed by atoms with E-state index in [1.165, 1.54) is 6.92 Å². The number of hydrogen-bond donors (Lipinski definition) is 1. The molecule has 0 bridgehead atoms. The molecule has 0 atom stereocenters. The predicted molar refractivity (Wildman–Crippen MR) is 56.3 cm³/mol. The van der Waals surface area contributed by atoms with Crippen LogP contribution in [-0.2, 0) is 16.0 Å². The van der Waals surface area contributed by atoms with E-state index in [4.69, 9.17) is 5.11 Å². The first-order valence-corrected chi connectivity index (χ1v) is 6.49. The van der Waals surface area contributed by atoms with E-state index in [1.807, 2.05) is 0 Å². The third kappa shape index (κ3) is 2.81. The monoisotopic (exact) mass is 282 g/mol. The molecule has 0 saturated heterocycles. The molecule has 0 spiro atoms. The van der Waals surface area contributed by atoms with Crippen molar-refractivity contribution in [3.8, 4) is 0 Å². The summed E-state index contributed by atoms with van der Waals surface area (Å²) in [6.07, 6.45) is -4.27. The van der Waals surface area contributed by atoms with Crippen molar-refractivity contribution in [3.63, 3.8) is 0 Å². The highest BCUT2D eigenvalue weighted by Crippen LogP contribution is 2.35. The van der Waals surface area contributed by atoms with Crippen molar-refractivity contribution in [1.82, 2.24) is 0 Å². The van der Waals surface area contributed by atoms with Gasteiger partial charge in [-0.2, -0.15) is 13.2 Å². The summed E-state index contributed by atoms with van der Waals surface area (Å²) in [4.78, 5) is 9.76. The fourth-order valence-corrected chi connectivity index (χ4v) is 2.35. The van der Waals surface area contributed by atoms with Gasteiger partial charge in [0.25, 0.3) is 0 Å². The van der Waals surface area contributed by atoms with Gasteiger partial charge in [0.2, 0.25) is 0 Å². The van der Waals surface area contributed by atoms with Crippen LogP contribution in [0.2, 0.25) is 0 Å². The lowest BCUT2D eigenvalue weighted by Gasteiger charge is -2.14. The van der Waals surface area contributed by atoms with Crippen LogP contribution in [0.3, 0.4) is 0 Å². The Morgan fingerprint density at radius 2 is 1.78 bits per heavy atom. The van der Waals surface area contributed by atoms with Crippen LogP contribution in [0.1, 0.15) is 21.5 Å². The first kappa shape index (κ1) is 14.5. The minimum atomic E-state index is -4.86. The van der Waals surface area contributed by atoms with E-state index in [9.17, 15) is 26.4 Å². The zero-order chi connectivity index (χ0) is 14.3. The van der Waals surface area contributed by atoms with Crippen LogP contribution in [-0.4, -0.2) is 25.7 Å². The minimum absolute atomic E-state index is 0.151. The number of carboxylic acid groups (broad SMARTS) is 1. The molecule has 100 valence electrons. The molecule has 0 radical (unpaired) electrons. The molecule has 1 aromatic rings. The van der Waals surface area contributed by atoms with E-state index in [0.717, 1.165) is 0 Å². The first-order chi connectivity index (χ1) is 7.94. The molecular weight excluding hydrogens is 273 g/mol. The van der Waals surface area contributed by atoms with Crippen LogP contribution in [0.25, 0.3) is 0 Å². The molecule has 0 aliphatic rings. The zero-order valence-corrected chi connectivity index (χ0v) is 10.2. The Morgan fingerprint density at radius 3 is 2.11 bits per heavy atom. The molecule has 1 aromatic carbocycles. The number of benzene rings is 1. The fraction of sp³-hybridized carbons (Fsp3) is 0.300. The molecule has 0 heterocycles. The van der Waals surface area contributed by atoms with E-state index in [-0.39, 0.29) is 5.56 Å². The van der Waals surface area contributed by atoms with Crippen LogP contribution in [0.5, 0.6) is 0 Å². The van der Waals surface area contributed by atoms with Gasteiger partial charge in [0.1, 0.15) is 0 Å². The van der Waals surface area contributed by atoms with Gasteiger partial charge in [-0.05, 0) is 24.6 Å². The Kier molecular flexibility index (Phi) is 3.44. The van der Waals surface area contributed by atoms with E-state index in [1.54, 1.807) is 0 Å². The molecular formula is C10H9F3O4S. The Labute approximate surface area is 101 Å². The van der Waals surface area contributed by atoms with Gasteiger partial charge in [-0.15, -0.1) is 0 Å². The standard InChI is InChI=1S/C10H9F3O4S/c1-5-3-7(10(11,12)13)8(18(2,16)17)4-6(5)9(14)15/h3-4H,1-2H3,(H,14,15). The van der Waals surface area contributed by atoms with Crippen LogP contribution in [0.15, 0.2) is 17.0 Å². The topological polar surface area (TPSA) is 71.4 Å². The van der Waals surface area contributed by atoms with Gasteiger partial charge in [0.15, 0.2) is 9.84 Å². The molecule has 0 aliphatic carbocycles. The van der Waals surface area contributed by atoms with Crippen molar-refractivity contribution in [2.24, 2.45) is 0 Å². The number of sulfone groups is 1. The number of halogens is 3. The quantitative estimate of drug-likeness (QED) is 0.901. The molecule has 0 aliphatic heterocycles. The summed E-state index contributed by atoms with van der Waals surface area (Å²) in [5, 5.41) is 8.77. The Bertz CT molecular complexity index is 602. The van der Waals surface area contributed by atoms with Crippen LogP contribution >= 0.6 is 0 Å². The summed E-state index contributed by atoms with van der Waals surface area (Å²) in [6.45, 7) is 1.17. The summed E-state index contributed by atoms with van der Waals surface area (Å²) < 4.78 is 60.6. The average molecular weight is 282 g/mol. The van der Waals surface area contributed by atoms with E-state index in [2.05, 4.69) is 0 Å². The minimum Gasteiger partial charge on any atom is -0.478 e. The molecule has 18 heavy (non-hydrogen) atoms. The van der Waals surface area contributed by atoms with Gasteiger partial charge < -0.3 is 5.11 Å². The third-order valence-corrected chi connectivity index (χ3v) is 3.40. The lowest BCUT2D eigenvalue weighted by atomic mass is 10.0. The molecule has 4 nitrogen and oxygen atoms in total. The second-order valence-corrected chi connectivity index (χ2v) is 5.72. The highest BCUT2D eigenvalue weighted by molar-refractivity contribution is 7.90. The molecule has 0 saturated carbocycles. The molecule has 1 N–H and O–H groups in total. The maximum atomic E-state index is 12.7. The molecule has 0 fully saturated rings. The van der Waals surface area contributed by atoms with Crippen molar-refractivity contribution in [1.29, 1.82) is 0 Å². The SMILES string of the molecule is Cc1cc(C(F)(F)F)c(S(C)(=O)=O)cc1C(=O)O. The van der Waals surface area contributed by atoms with Crippen molar-refractivity contribution in [2.75, 3.05) is 6.26 Å². The van der Waals surface area contributed by atoms with E-state index < -0.39 is 38.0 Å². The zero-order valence-electron chi connectivity index (χ0n) is 9.37. The number of carboxylic acids is 1. The number of aromatic carboxylic acids is 1. The first-order valence-electron chi connectivity index (χ1n) is 4.60. The average Bonchev–Trinajstić information content (AvgIpc) is 2.13. The van der Waals surface area contributed by atoms with Gasteiger partial charge in [-0.25, -0.2) is 13.2 Å². The van der Waals surface area contributed by atoms with Gasteiger partial charge in [-0.1, -0.05) is 0 Å². The lowest BCUT2D eigenvalue weighted by molar-refractivity contribution is -0.139. The highest BCUT2D eigenvalue weighted by Gasteiger charge is 2.37. The van der Waals surface area contributed by atoms with Crippen LogP contribution < -0.4 is 0 Å². The summed E-state index contributed by atoms with van der Waals surface area (Å²) >= 11 is 0. The Hall–Kier alpha value is -1.57. The number of carbonyl (C=O) groups is 1. The van der Waals surface area contributed by atoms with Gasteiger partial charge in [0, 0.05) is 6.26 Å². The maximum absolute atomic E-state index is 12.7. The van der Waals surface area contributed by atoms with Crippen LogP contribution in [0, 0.1) is 6.92 Å². The Morgan fingerprint density at radius 1 is 1.28 bits per heavy atom. The largest absolute Gasteiger partial charge is 0.478 e. The van der Waals surface area contributed by atoms with E-state index >= 15 is 0 Å². The summed E-state index contributed by atoms with van der Waals surface area (Å²) in [7, 11) is -4.17. The van der Waals surface area contributed by atoms with Gasteiger partial charge in [0.05, 0.1) is 16.0 Å². The smallest absolute Gasteiger partial charge is 0.417 e. The molecule has 0 unspecified atom stereocenters. The number of rotatable bonds is 2. The van der Waals surface area contributed by atoms with Gasteiger partial charge in [-0.3, -0.25) is 0 Å².